The SMILES string of the molecule is C=C1NC(=O)NC(C(=O)N[C@@H]2C[C@@H](C(=O)OC)[C@H](c3ccccc3)c3ccccc32)=C1N. The summed E-state index contributed by atoms with van der Waals surface area (Å²) in [5.41, 5.74) is 8.91. The van der Waals surface area contributed by atoms with Crippen LogP contribution in [0.1, 0.15) is 35.1 Å². The van der Waals surface area contributed by atoms with Crippen molar-refractivity contribution in [2.24, 2.45) is 11.7 Å². The number of esters is 1. The van der Waals surface area contributed by atoms with Crippen LogP contribution in [0.2, 0.25) is 0 Å². The van der Waals surface area contributed by atoms with E-state index in [2.05, 4.69) is 22.5 Å². The molecule has 0 aromatic heterocycles. The first-order valence-corrected chi connectivity index (χ1v) is 10.2. The van der Waals surface area contributed by atoms with Gasteiger partial charge in [-0.2, -0.15) is 0 Å². The molecule has 0 bridgehead atoms. The maximum Gasteiger partial charge on any atom is 0.323 e. The van der Waals surface area contributed by atoms with Gasteiger partial charge in [0.25, 0.3) is 5.91 Å². The molecular weight excluding hydrogens is 408 g/mol. The summed E-state index contributed by atoms with van der Waals surface area (Å²) in [7, 11) is 1.36. The van der Waals surface area contributed by atoms with Crippen molar-refractivity contribution in [1.29, 1.82) is 0 Å². The van der Waals surface area contributed by atoms with E-state index < -0.39 is 23.9 Å². The summed E-state index contributed by atoms with van der Waals surface area (Å²) in [5, 5.41) is 7.78. The maximum atomic E-state index is 13.0. The summed E-state index contributed by atoms with van der Waals surface area (Å²) in [6, 6.07) is 16.4. The van der Waals surface area contributed by atoms with Gasteiger partial charge in [-0.1, -0.05) is 61.2 Å². The Kier molecular flexibility index (Phi) is 5.68. The van der Waals surface area contributed by atoms with Crippen LogP contribution in [-0.4, -0.2) is 25.0 Å². The van der Waals surface area contributed by atoms with Gasteiger partial charge < -0.3 is 26.4 Å². The fraction of sp³-hybridized carbons (Fsp3) is 0.208. The Morgan fingerprint density at radius 3 is 2.41 bits per heavy atom. The normalized spacial score (nSPS) is 22.3. The fourth-order valence-corrected chi connectivity index (χ4v) is 4.41. The van der Waals surface area contributed by atoms with Crippen LogP contribution in [-0.2, 0) is 14.3 Å². The van der Waals surface area contributed by atoms with Crippen molar-refractivity contribution in [3.63, 3.8) is 0 Å². The van der Waals surface area contributed by atoms with E-state index in [1.807, 2.05) is 54.6 Å². The quantitative estimate of drug-likeness (QED) is 0.552. The molecule has 0 saturated carbocycles. The molecule has 2 aromatic carbocycles. The van der Waals surface area contributed by atoms with Gasteiger partial charge in [-0.15, -0.1) is 0 Å². The van der Waals surface area contributed by atoms with Crippen molar-refractivity contribution in [1.82, 2.24) is 16.0 Å². The molecule has 4 rings (SSSR count). The molecule has 0 saturated heterocycles. The highest BCUT2D eigenvalue weighted by Crippen LogP contribution is 2.45. The lowest BCUT2D eigenvalue weighted by Crippen LogP contribution is -2.48. The number of urea groups is 1. The maximum absolute atomic E-state index is 13.0. The topological polar surface area (TPSA) is 123 Å². The van der Waals surface area contributed by atoms with E-state index in [0.717, 1.165) is 16.7 Å². The number of amides is 3. The second kappa shape index (κ2) is 8.58. The minimum absolute atomic E-state index is 0.0536. The van der Waals surface area contributed by atoms with Gasteiger partial charge in [0.15, 0.2) is 0 Å². The number of hydrogen-bond acceptors (Lipinski definition) is 5. The van der Waals surface area contributed by atoms with Crippen LogP contribution in [0.5, 0.6) is 0 Å². The number of benzene rings is 2. The van der Waals surface area contributed by atoms with Crippen molar-refractivity contribution in [3.8, 4) is 0 Å². The highest BCUT2D eigenvalue weighted by Gasteiger charge is 2.41. The van der Waals surface area contributed by atoms with E-state index in [4.69, 9.17) is 10.5 Å². The fourth-order valence-electron chi connectivity index (χ4n) is 4.41. The lowest BCUT2D eigenvalue weighted by molar-refractivity contribution is -0.147. The minimum Gasteiger partial charge on any atom is -0.469 e. The first kappa shape index (κ1) is 21.2. The zero-order valence-electron chi connectivity index (χ0n) is 17.6. The van der Waals surface area contributed by atoms with Crippen LogP contribution in [0.15, 0.2) is 78.3 Å². The molecule has 5 N–H and O–H groups in total. The molecule has 1 aliphatic heterocycles. The molecule has 0 unspecified atom stereocenters. The van der Waals surface area contributed by atoms with E-state index in [9.17, 15) is 14.4 Å². The highest BCUT2D eigenvalue weighted by molar-refractivity contribution is 6.00. The van der Waals surface area contributed by atoms with Crippen LogP contribution in [0.3, 0.4) is 0 Å². The minimum atomic E-state index is -0.588. The number of methoxy groups -OCH3 is 1. The van der Waals surface area contributed by atoms with Gasteiger partial charge in [-0.25, -0.2) is 4.79 Å². The van der Waals surface area contributed by atoms with Crippen LogP contribution < -0.4 is 21.7 Å². The second-order valence-corrected chi connectivity index (χ2v) is 7.76. The van der Waals surface area contributed by atoms with Crippen molar-refractivity contribution in [2.75, 3.05) is 7.11 Å². The summed E-state index contributed by atoms with van der Waals surface area (Å²) in [6.07, 6.45) is 0.329. The van der Waals surface area contributed by atoms with Gasteiger partial charge in [0.05, 0.1) is 30.5 Å². The number of ether oxygens (including phenoxy) is 1. The lowest BCUT2D eigenvalue weighted by atomic mass is 9.70. The molecule has 8 heteroatoms. The number of fused-ring (bicyclic) bond motifs is 1. The van der Waals surface area contributed by atoms with Gasteiger partial charge in [-0.3, -0.25) is 9.59 Å². The average Bonchev–Trinajstić information content (AvgIpc) is 2.81. The van der Waals surface area contributed by atoms with Crippen molar-refractivity contribution in [2.45, 2.75) is 18.4 Å². The Morgan fingerprint density at radius 1 is 1.06 bits per heavy atom. The van der Waals surface area contributed by atoms with Crippen molar-refractivity contribution in [3.05, 3.63) is 95.0 Å². The number of rotatable bonds is 4. The molecule has 1 aliphatic carbocycles. The molecule has 3 atom stereocenters. The summed E-state index contributed by atoms with van der Waals surface area (Å²) in [5.74, 6) is -1.63. The lowest BCUT2D eigenvalue weighted by Gasteiger charge is -2.37. The smallest absolute Gasteiger partial charge is 0.323 e. The largest absolute Gasteiger partial charge is 0.469 e. The third-order valence-corrected chi connectivity index (χ3v) is 5.89. The summed E-state index contributed by atoms with van der Waals surface area (Å²) in [4.78, 5) is 37.6. The van der Waals surface area contributed by atoms with E-state index in [1.54, 1.807) is 0 Å². The second-order valence-electron chi connectivity index (χ2n) is 7.76. The zero-order valence-corrected chi connectivity index (χ0v) is 17.6. The van der Waals surface area contributed by atoms with Gasteiger partial charge in [0.2, 0.25) is 0 Å². The van der Waals surface area contributed by atoms with Crippen LogP contribution in [0.25, 0.3) is 0 Å². The van der Waals surface area contributed by atoms with Gasteiger partial charge in [0, 0.05) is 5.92 Å². The Labute approximate surface area is 185 Å². The predicted octanol–water partition coefficient (Wildman–Crippen LogP) is 2.17. The molecule has 32 heavy (non-hydrogen) atoms. The summed E-state index contributed by atoms with van der Waals surface area (Å²) in [6.45, 7) is 3.65. The van der Waals surface area contributed by atoms with E-state index in [0.29, 0.717) is 6.42 Å². The number of nitrogens with two attached hydrogens (primary N) is 1. The van der Waals surface area contributed by atoms with Crippen molar-refractivity contribution < 1.29 is 19.1 Å². The number of hydrogen-bond donors (Lipinski definition) is 4. The highest BCUT2D eigenvalue weighted by atomic mass is 16.5. The number of carbonyl (C=O) groups excluding carboxylic acids is 3. The van der Waals surface area contributed by atoms with Crippen LogP contribution >= 0.6 is 0 Å². The first-order chi connectivity index (χ1) is 15.4. The Balaban J connectivity index is 1.73. The molecule has 1 heterocycles. The van der Waals surface area contributed by atoms with E-state index in [1.165, 1.54) is 7.11 Å². The molecule has 164 valence electrons. The van der Waals surface area contributed by atoms with E-state index in [-0.39, 0.29) is 29.0 Å². The molecule has 3 amide bonds. The summed E-state index contributed by atoms with van der Waals surface area (Å²) >= 11 is 0. The monoisotopic (exact) mass is 432 g/mol. The molecule has 8 nitrogen and oxygen atoms in total. The molecule has 0 spiro atoms. The number of nitrogens with one attached hydrogen (secondary N) is 3. The predicted molar refractivity (Wildman–Crippen MR) is 118 cm³/mol. The molecule has 2 aliphatic rings. The van der Waals surface area contributed by atoms with Gasteiger partial charge >= 0.3 is 12.0 Å². The van der Waals surface area contributed by atoms with Crippen LogP contribution in [0.4, 0.5) is 4.79 Å². The molecule has 0 radical (unpaired) electrons. The Hall–Kier alpha value is -4.07. The average molecular weight is 432 g/mol. The van der Waals surface area contributed by atoms with Crippen molar-refractivity contribution >= 4 is 17.9 Å². The summed E-state index contributed by atoms with van der Waals surface area (Å²) < 4.78 is 5.11. The molecule has 0 fully saturated rings. The standard InChI is InChI=1S/C24H24N4O4/c1-13-20(25)21(28-24(31)26-13)22(29)27-18-12-17(23(30)32-2)19(14-8-4-3-5-9-14)16-11-7-6-10-15(16)18/h3-11,17-19H,1,12,25H2,2H3,(H,27,29)(H2,26,28,31)/t17-,18-,19-/m1/s1. The van der Waals surface area contributed by atoms with E-state index >= 15 is 0 Å². The first-order valence-electron chi connectivity index (χ1n) is 10.2. The third kappa shape index (κ3) is 3.82. The number of carbonyl (C=O) groups is 3. The Morgan fingerprint density at radius 2 is 1.72 bits per heavy atom. The Bertz CT molecular complexity index is 1130. The van der Waals surface area contributed by atoms with Crippen LogP contribution in [0, 0.1) is 5.92 Å². The zero-order chi connectivity index (χ0) is 22.8. The molecule has 2 aromatic rings. The molecular formula is C24H24N4O4. The third-order valence-electron chi connectivity index (χ3n) is 5.89. The van der Waals surface area contributed by atoms with Gasteiger partial charge in [0.1, 0.15) is 5.70 Å². The van der Waals surface area contributed by atoms with Gasteiger partial charge in [-0.05, 0) is 23.1 Å².